The molecular formula is C15H19N3O2S. The van der Waals surface area contributed by atoms with Gasteiger partial charge in [-0.3, -0.25) is 4.98 Å². The van der Waals surface area contributed by atoms with Gasteiger partial charge in [-0.25, -0.2) is 13.1 Å². The predicted octanol–water partition coefficient (Wildman–Crippen LogP) is 1.37. The van der Waals surface area contributed by atoms with E-state index in [-0.39, 0.29) is 4.90 Å². The molecule has 0 spiro atoms. The zero-order valence-corrected chi connectivity index (χ0v) is 12.7. The first-order chi connectivity index (χ1) is 10.0. The fraction of sp³-hybridized carbons (Fsp3) is 0.267. The van der Waals surface area contributed by atoms with Crippen LogP contribution in [0.2, 0.25) is 0 Å². The molecule has 1 aromatic heterocycles. The summed E-state index contributed by atoms with van der Waals surface area (Å²) < 4.78 is 27.0. The number of nitrogens with one attached hydrogen (secondary N) is 1. The third-order valence-electron chi connectivity index (χ3n) is 3.25. The fourth-order valence-corrected chi connectivity index (χ4v) is 3.06. The summed E-state index contributed by atoms with van der Waals surface area (Å²) in [6.45, 7) is 2.54. The summed E-state index contributed by atoms with van der Waals surface area (Å²) in [4.78, 5) is 4.40. The lowest BCUT2D eigenvalue weighted by Gasteiger charge is -2.09. The molecule has 1 heterocycles. The van der Waals surface area contributed by atoms with Gasteiger partial charge in [0.25, 0.3) is 0 Å². The third-order valence-corrected chi connectivity index (χ3v) is 4.71. The largest absolute Gasteiger partial charge is 0.326 e. The van der Waals surface area contributed by atoms with Crippen molar-refractivity contribution < 1.29 is 8.42 Å². The molecule has 0 aliphatic carbocycles. The zero-order valence-electron chi connectivity index (χ0n) is 11.9. The smallest absolute Gasteiger partial charge is 0.240 e. The molecule has 0 aliphatic rings. The maximum atomic E-state index is 12.2. The molecule has 0 bridgehead atoms. The van der Waals surface area contributed by atoms with Crippen molar-refractivity contribution in [3.8, 4) is 0 Å². The van der Waals surface area contributed by atoms with Gasteiger partial charge in [0.15, 0.2) is 0 Å². The highest BCUT2D eigenvalue weighted by Gasteiger charge is 2.14. The van der Waals surface area contributed by atoms with Crippen molar-refractivity contribution in [2.45, 2.75) is 24.8 Å². The van der Waals surface area contributed by atoms with E-state index in [1.54, 1.807) is 24.4 Å². The van der Waals surface area contributed by atoms with Crippen LogP contribution in [0.3, 0.4) is 0 Å². The van der Waals surface area contributed by atoms with Crippen LogP contribution in [0.25, 0.3) is 0 Å². The lowest BCUT2D eigenvalue weighted by Crippen LogP contribution is -2.26. The number of aryl methyl sites for hydroxylation is 1. The van der Waals surface area contributed by atoms with Gasteiger partial charge in [0.2, 0.25) is 10.0 Å². The molecule has 0 fully saturated rings. The van der Waals surface area contributed by atoms with Gasteiger partial charge in [0.05, 0.1) is 4.90 Å². The molecule has 0 unspecified atom stereocenters. The molecular weight excluding hydrogens is 286 g/mol. The van der Waals surface area contributed by atoms with Crippen LogP contribution in [0.15, 0.2) is 47.5 Å². The van der Waals surface area contributed by atoms with E-state index in [9.17, 15) is 8.42 Å². The summed E-state index contributed by atoms with van der Waals surface area (Å²) in [6, 6.07) is 10.6. The highest BCUT2D eigenvalue weighted by molar-refractivity contribution is 7.89. The van der Waals surface area contributed by atoms with Gasteiger partial charge in [-0.1, -0.05) is 12.1 Å². The van der Waals surface area contributed by atoms with Crippen LogP contribution in [0.4, 0.5) is 0 Å². The molecule has 21 heavy (non-hydrogen) atoms. The minimum absolute atomic E-state index is 0.245. The first-order valence-corrected chi connectivity index (χ1v) is 8.20. The van der Waals surface area contributed by atoms with Crippen LogP contribution in [-0.2, 0) is 23.0 Å². The number of sulfonamides is 1. The molecule has 0 saturated heterocycles. The van der Waals surface area contributed by atoms with Crippen molar-refractivity contribution in [3.63, 3.8) is 0 Å². The van der Waals surface area contributed by atoms with E-state index in [4.69, 9.17) is 5.73 Å². The Morgan fingerprint density at radius 3 is 2.71 bits per heavy atom. The molecule has 3 N–H and O–H groups in total. The van der Waals surface area contributed by atoms with Crippen molar-refractivity contribution in [3.05, 3.63) is 59.4 Å². The second kappa shape index (κ2) is 6.80. The maximum Gasteiger partial charge on any atom is 0.240 e. The molecule has 0 radical (unpaired) electrons. The third kappa shape index (κ3) is 4.10. The topological polar surface area (TPSA) is 85.1 Å². The number of nitrogens with two attached hydrogens (primary N) is 1. The zero-order chi connectivity index (χ0) is 15.3. The van der Waals surface area contributed by atoms with Crippen molar-refractivity contribution >= 4 is 10.0 Å². The quantitative estimate of drug-likeness (QED) is 0.844. The number of hydrogen-bond acceptors (Lipinski definition) is 4. The van der Waals surface area contributed by atoms with Gasteiger partial charge in [-0.15, -0.1) is 0 Å². The van der Waals surface area contributed by atoms with Crippen LogP contribution in [0, 0.1) is 6.92 Å². The number of pyridine rings is 1. The average molecular weight is 305 g/mol. The SMILES string of the molecule is Cc1ccc(S(=O)(=O)NCCc2ccccn2)cc1CN. The van der Waals surface area contributed by atoms with Crippen molar-refractivity contribution in [2.24, 2.45) is 5.73 Å². The van der Waals surface area contributed by atoms with E-state index in [1.807, 2.05) is 25.1 Å². The van der Waals surface area contributed by atoms with Gasteiger partial charge in [-0.05, 0) is 42.3 Å². The van der Waals surface area contributed by atoms with E-state index in [0.717, 1.165) is 16.8 Å². The fourth-order valence-electron chi connectivity index (χ4n) is 1.98. The molecule has 2 rings (SSSR count). The summed E-state index contributed by atoms with van der Waals surface area (Å²) in [6.07, 6.45) is 2.24. The van der Waals surface area contributed by atoms with E-state index >= 15 is 0 Å². The van der Waals surface area contributed by atoms with Crippen LogP contribution in [-0.4, -0.2) is 19.9 Å². The summed E-state index contributed by atoms with van der Waals surface area (Å²) in [5.74, 6) is 0. The van der Waals surface area contributed by atoms with E-state index in [0.29, 0.717) is 19.5 Å². The van der Waals surface area contributed by atoms with Crippen molar-refractivity contribution in [2.75, 3.05) is 6.54 Å². The minimum Gasteiger partial charge on any atom is -0.326 e. The number of aromatic nitrogens is 1. The van der Waals surface area contributed by atoms with Gasteiger partial charge in [-0.2, -0.15) is 0 Å². The normalized spacial score (nSPS) is 11.5. The van der Waals surface area contributed by atoms with E-state index in [1.165, 1.54) is 0 Å². The van der Waals surface area contributed by atoms with Crippen molar-refractivity contribution in [1.82, 2.24) is 9.71 Å². The Kier molecular flexibility index (Phi) is 5.06. The molecule has 0 atom stereocenters. The van der Waals surface area contributed by atoms with E-state index in [2.05, 4.69) is 9.71 Å². The summed E-state index contributed by atoms with van der Waals surface area (Å²) in [7, 11) is -3.51. The molecule has 1 aromatic carbocycles. The van der Waals surface area contributed by atoms with Gasteiger partial charge in [0.1, 0.15) is 0 Å². The van der Waals surface area contributed by atoms with Crippen LogP contribution in [0.1, 0.15) is 16.8 Å². The van der Waals surface area contributed by atoms with Gasteiger partial charge in [0, 0.05) is 31.4 Å². The first kappa shape index (κ1) is 15.6. The van der Waals surface area contributed by atoms with Gasteiger partial charge >= 0.3 is 0 Å². The second-order valence-electron chi connectivity index (χ2n) is 4.76. The van der Waals surface area contributed by atoms with Crippen LogP contribution in [0.5, 0.6) is 0 Å². The standard InChI is InChI=1S/C15H19N3O2S/c1-12-5-6-15(10-13(12)11-16)21(19,20)18-9-7-14-4-2-3-8-17-14/h2-6,8,10,18H,7,9,11,16H2,1H3. The summed E-state index contributed by atoms with van der Waals surface area (Å²) in [5.41, 5.74) is 8.30. The Balaban J connectivity index is 2.05. The Morgan fingerprint density at radius 2 is 2.05 bits per heavy atom. The Hall–Kier alpha value is -1.76. The minimum atomic E-state index is -3.51. The lowest BCUT2D eigenvalue weighted by atomic mass is 10.1. The monoisotopic (exact) mass is 305 g/mol. The molecule has 0 saturated carbocycles. The van der Waals surface area contributed by atoms with E-state index < -0.39 is 10.0 Å². The van der Waals surface area contributed by atoms with Crippen LogP contribution < -0.4 is 10.5 Å². The number of benzene rings is 1. The lowest BCUT2D eigenvalue weighted by molar-refractivity contribution is 0.581. The van der Waals surface area contributed by atoms with Crippen molar-refractivity contribution in [1.29, 1.82) is 0 Å². The molecule has 5 nitrogen and oxygen atoms in total. The average Bonchev–Trinajstić information content (AvgIpc) is 2.48. The second-order valence-corrected chi connectivity index (χ2v) is 6.53. The number of rotatable bonds is 6. The molecule has 0 amide bonds. The first-order valence-electron chi connectivity index (χ1n) is 6.72. The highest BCUT2D eigenvalue weighted by atomic mass is 32.2. The predicted molar refractivity (Wildman–Crippen MR) is 82.2 cm³/mol. The highest BCUT2D eigenvalue weighted by Crippen LogP contribution is 2.15. The molecule has 6 heteroatoms. The summed E-state index contributed by atoms with van der Waals surface area (Å²) >= 11 is 0. The number of hydrogen-bond donors (Lipinski definition) is 2. The molecule has 0 aliphatic heterocycles. The molecule has 2 aromatic rings. The Bertz CT molecular complexity index is 700. The summed E-state index contributed by atoms with van der Waals surface area (Å²) in [5, 5.41) is 0. The maximum absolute atomic E-state index is 12.2. The number of nitrogens with zero attached hydrogens (tertiary/aromatic N) is 1. The Morgan fingerprint density at radius 1 is 1.24 bits per heavy atom. The van der Waals surface area contributed by atoms with Crippen LogP contribution >= 0.6 is 0 Å². The Labute approximate surface area is 125 Å². The van der Waals surface area contributed by atoms with Gasteiger partial charge < -0.3 is 5.73 Å². The molecule has 112 valence electrons.